The van der Waals surface area contributed by atoms with Crippen LogP contribution in [0.1, 0.15) is 25.0 Å². The van der Waals surface area contributed by atoms with Crippen molar-refractivity contribution in [3.05, 3.63) is 47.5 Å². The van der Waals surface area contributed by atoms with Gasteiger partial charge in [0.25, 0.3) is 0 Å². The van der Waals surface area contributed by atoms with Crippen molar-refractivity contribution in [3.63, 3.8) is 0 Å². The summed E-state index contributed by atoms with van der Waals surface area (Å²) in [5.41, 5.74) is 1.21. The highest BCUT2D eigenvalue weighted by molar-refractivity contribution is 5.88. The Labute approximate surface area is 134 Å². The normalized spacial score (nSPS) is 10.2. The lowest BCUT2D eigenvalue weighted by Crippen LogP contribution is -2.34. The minimum absolute atomic E-state index is 0.127. The van der Waals surface area contributed by atoms with Crippen LogP contribution in [0.2, 0.25) is 0 Å². The minimum atomic E-state index is -0.492. The SMILES string of the molecule is CCN(Cc1ccc(C#N)cc1F)C(=O)Nc1cnn(CC)c1. The van der Waals surface area contributed by atoms with Gasteiger partial charge in [0.15, 0.2) is 0 Å². The highest BCUT2D eigenvalue weighted by Crippen LogP contribution is 2.14. The van der Waals surface area contributed by atoms with Crippen LogP contribution in [0.5, 0.6) is 0 Å². The van der Waals surface area contributed by atoms with Crippen LogP contribution in [-0.4, -0.2) is 27.3 Å². The van der Waals surface area contributed by atoms with Gasteiger partial charge in [0, 0.05) is 24.8 Å². The van der Waals surface area contributed by atoms with Crippen molar-refractivity contribution < 1.29 is 9.18 Å². The number of anilines is 1. The van der Waals surface area contributed by atoms with Gasteiger partial charge in [-0.25, -0.2) is 9.18 Å². The third-order valence-corrected chi connectivity index (χ3v) is 3.42. The quantitative estimate of drug-likeness (QED) is 0.922. The van der Waals surface area contributed by atoms with Crippen LogP contribution in [-0.2, 0) is 13.1 Å². The standard InChI is InChI=1S/C16H18FN5O/c1-3-21(10-13-6-5-12(8-18)7-15(13)17)16(23)20-14-9-19-22(4-2)11-14/h5-7,9,11H,3-4,10H2,1-2H3,(H,20,23). The molecule has 0 unspecified atom stereocenters. The zero-order chi connectivity index (χ0) is 16.8. The number of carbonyl (C=O) groups is 1. The van der Waals surface area contributed by atoms with Crippen molar-refractivity contribution in [1.29, 1.82) is 5.26 Å². The van der Waals surface area contributed by atoms with E-state index in [1.54, 1.807) is 17.1 Å². The van der Waals surface area contributed by atoms with E-state index in [9.17, 15) is 9.18 Å². The molecule has 1 N–H and O–H groups in total. The number of carbonyl (C=O) groups excluding carboxylic acids is 1. The first-order valence-electron chi connectivity index (χ1n) is 7.34. The summed E-state index contributed by atoms with van der Waals surface area (Å²) in [6, 6.07) is 5.79. The molecule has 23 heavy (non-hydrogen) atoms. The Morgan fingerprint density at radius 2 is 2.26 bits per heavy atom. The second-order valence-corrected chi connectivity index (χ2v) is 4.95. The van der Waals surface area contributed by atoms with Gasteiger partial charge in [0.1, 0.15) is 5.82 Å². The minimum Gasteiger partial charge on any atom is -0.320 e. The molecule has 0 aliphatic heterocycles. The average molecular weight is 315 g/mol. The van der Waals surface area contributed by atoms with Gasteiger partial charge in [-0.3, -0.25) is 4.68 Å². The number of nitriles is 1. The van der Waals surface area contributed by atoms with Crippen molar-refractivity contribution in [3.8, 4) is 6.07 Å². The largest absolute Gasteiger partial charge is 0.322 e. The molecule has 0 atom stereocenters. The van der Waals surface area contributed by atoms with Crippen LogP contribution in [0.4, 0.5) is 14.9 Å². The molecule has 0 fully saturated rings. The fourth-order valence-electron chi connectivity index (χ4n) is 2.08. The summed E-state index contributed by atoms with van der Waals surface area (Å²) in [5.74, 6) is -0.492. The van der Waals surface area contributed by atoms with E-state index in [1.165, 1.54) is 23.1 Å². The molecular weight excluding hydrogens is 297 g/mol. The monoisotopic (exact) mass is 315 g/mol. The molecule has 1 aromatic carbocycles. The molecule has 1 heterocycles. The number of nitrogens with one attached hydrogen (secondary N) is 1. The zero-order valence-corrected chi connectivity index (χ0v) is 13.1. The van der Waals surface area contributed by atoms with E-state index in [2.05, 4.69) is 10.4 Å². The zero-order valence-electron chi connectivity index (χ0n) is 13.1. The van der Waals surface area contributed by atoms with Gasteiger partial charge < -0.3 is 10.2 Å². The summed E-state index contributed by atoms with van der Waals surface area (Å²) >= 11 is 0. The molecule has 0 saturated heterocycles. The van der Waals surface area contributed by atoms with Gasteiger partial charge in [0.2, 0.25) is 0 Å². The summed E-state index contributed by atoms with van der Waals surface area (Å²) in [6.07, 6.45) is 3.30. The molecule has 1 aromatic heterocycles. The predicted molar refractivity (Wildman–Crippen MR) is 84.1 cm³/mol. The van der Waals surface area contributed by atoms with Crippen LogP contribution >= 0.6 is 0 Å². The van der Waals surface area contributed by atoms with E-state index < -0.39 is 5.82 Å². The van der Waals surface area contributed by atoms with Gasteiger partial charge in [-0.15, -0.1) is 0 Å². The lowest BCUT2D eigenvalue weighted by atomic mass is 10.1. The van der Waals surface area contributed by atoms with Gasteiger partial charge in [-0.2, -0.15) is 10.4 Å². The number of hydrogen-bond donors (Lipinski definition) is 1. The lowest BCUT2D eigenvalue weighted by molar-refractivity contribution is 0.211. The van der Waals surface area contributed by atoms with E-state index in [4.69, 9.17) is 5.26 Å². The number of amides is 2. The molecule has 0 radical (unpaired) electrons. The fourth-order valence-corrected chi connectivity index (χ4v) is 2.08. The molecule has 0 aliphatic carbocycles. The number of nitrogens with zero attached hydrogens (tertiary/aromatic N) is 4. The van der Waals surface area contributed by atoms with Crippen LogP contribution < -0.4 is 5.32 Å². The number of aryl methyl sites for hydroxylation is 1. The first kappa shape index (κ1) is 16.5. The molecular formula is C16H18FN5O. The fraction of sp³-hybridized carbons (Fsp3) is 0.312. The van der Waals surface area contributed by atoms with Gasteiger partial charge in [-0.05, 0) is 26.0 Å². The van der Waals surface area contributed by atoms with E-state index in [0.717, 1.165) is 0 Å². The van der Waals surface area contributed by atoms with Crippen molar-refractivity contribution in [2.24, 2.45) is 0 Å². The predicted octanol–water partition coefficient (Wildman–Crippen LogP) is 2.97. The Morgan fingerprint density at radius 1 is 1.48 bits per heavy atom. The molecule has 2 aromatic rings. The molecule has 120 valence electrons. The summed E-state index contributed by atoms with van der Waals surface area (Å²) in [6.45, 7) is 5.03. The van der Waals surface area contributed by atoms with Crippen LogP contribution in [0, 0.1) is 17.1 Å². The van der Waals surface area contributed by atoms with Gasteiger partial charge in [0.05, 0.1) is 30.1 Å². The molecule has 0 bridgehead atoms. The smallest absolute Gasteiger partial charge is 0.320 e. The van der Waals surface area contributed by atoms with E-state index >= 15 is 0 Å². The summed E-state index contributed by atoms with van der Waals surface area (Å²) < 4.78 is 15.7. The van der Waals surface area contributed by atoms with Crippen molar-refractivity contribution in [2.45, 2.75) is 26.9 Å². The maximum atomic E-state index is 14.0. The third kappa shape index (κ3) is 4.07. The van der Waals surface area contributed by atoms with Crippen LogP contribution in [0.25, 0.3) is 0 Å². The summed E-state index contributed by atoms with van der Waals surface area (Å²) in [4.78, 5) is 13.8. The van der Waals surface area contributed by atoms with Gasteiger partial charge >= 0.3 is 6.03 Å². The van der Waals surface area contributed by atoms with Gasteiger partial charge in [-0.1, -0.05) is 6.07 Å². The third-order valence-electron chi connectivity index (χ3n) is 3.42. The molecule has 7 heteroatoms. The summed E-state index contributed by atoms with van der Waals surface area (Å²) in [5, 5.41) is 15.6. The Hall–Kier alpha value is -2.88. The maximum absolute atomic E-state index is 14.0. The summed E-state index contributed by atoms with van der Waals surface area (Å²) in [7, 11) is 0. The highest BCUT2D eigenvalue weighted by Gasteiger charge is 2.15. The maximum Gasteiger partial charge on any atom is 0.322 e. The number of hydrogen-bond acceptors (Lipinski definition) is 3. The topological polar surface area (TPSA) is 74.0 Å². The van der Waals surface area contributed by atoms with Crippen molar-refractivity contribution >= 4 is 11.7 Å². The first-order valence-corrected chi connectivity index (χ1v) is 7.34. The highest BCUT2D eigenvalue weighted by atomic mass is 19.1. The Balaban J connectivity index is 2.07. The number of urea groups is 1. The number of rotatable bonds is 5. The lowest BCUT2D eigenvalue weighted by Gasteiger charge is -2.21. The molecule has 0 aliphatic rings. The van der Waals surface area contributed by atoms with E-state index in [1.807, 2.05) is 19.9 Å². The molecule has 2 amide bonds. The molecule has 2 rings (SSSR count). The Bertz CT molecular complexity index is 734. The van der Waals surface area contributed by atoms with E-state index in [0.29, 0.717) is 24.3 Å². The second-order valence-electron chi connectivity index (χ2n) is 4.95. The van der Waals surface area contributed by atoms with Crippen molar-refractivity contribution in [1.82, 2.24) is 14.7 Å². The van der Waals surface area contributed by atoms with E-state index in [-0.39, 0.29) is 18.1 Å². The number of halogens is 1. The molecule has 6 nitrogen and oxygen atoms in total. The molecule has 0 spiro atoms. The second kappa shape index (κ2) is 7.40. The van der Waals surface area contributed by atoms with Crippen LogP contribution in [0.3, 0.4) is 0 Å². The number of benzene rings is 1. The Morgan fingerprint density at radius 3 is 2.83 bits per heavy atom. The van der Waals surface area contributed by atoms with Crippen LogP contribution in [0.15, 0.2) is 30.6 Å². The first-order chi connectivity index (χ1) is 11.1. The Kier molecular flexibility index (Phi) is 5.31. The van der Waals surface area contributed by atoms with Crippen molar-refractivity contribution in [2.75, 3.05) is 11.9 Å². The molecule has 0 saturated carbocycles. The average Bonchev–Trinajstić information content (AvgIpc) is 3.01. The number of aromatic nitrogens is 2.